The fraction of sp³-hybridized carbons (Fsp3) is 0.250. The van der Waals surface area contributed by atoms with E-state index in [0.29, 0.717) is 24.0 Å². The third-order valence-electron chi connectivity index (χ3n) is 4.97. The van der Waals surface area contributed by atoms with E-state index in [1.165, 1.54) is 33.4 Å². The Bertz CT molecular complexity index is 1370. The number of halogens is 1. The molecule has 2 aromatic carbocycles. The van der Waals surface area contributed by atoms with Gasteiger partial charge in [0.05, 0.1) is 27.9 Å². The molecule has 1 aromatic heterocycles. The Hall–Kier alpha value is -3.13. The number of fused-ring (bicyclic) bond motifs is 1. The van der Waals surface area contributed by atoms with Crippen molar-refractivity contribution in [2.24, 2.45) is 7.05 Å². The molecule has 0 aliphatic carbocycles. The summed E-state index contributed by atoms with van der Waals surface area (Å²) in [6.07, 6.45) is 3.00. The molecule has 0 radical (unpaired) electrons. The standard InChI is InChI=1S/C20H18ClN5O4S/c1-25-12-23-17-6-4-13(10-14(17)20(25)27)30-19-15(11-22)18(7-5-16(19)21)24-31(28,29)26-8-2-3-9-26/h4-7,10,12,24H,2-3,8-9H2,1H3. The van der Waals surface area contributed by atoms with Crippen molar-refractivity contribution < 1.29 is 13.2 Å². The Kier molecular flexibility index (Phi) is 5.58. The van der Waals surface area contributed by atoms with Gasteiger partial charge in [0.2, 0.25) is 0 Å². The molecule has 160 valence electrons. The van der Waals surface area contributed by atoms with Crippen LogP contribution in [0.15, 0.2) is 41.5 Å². The minimum Gasteiger partial charge on any atom is -0.454 e. The van der Waals surface area contributed by atoms with Gasteiger partial charge in [0.25, 0.3) is 5.56 Å². The van der Waals surface area contributed by atoms with Gasteiger partial charge in [-0.1, -0.05) is 11.6 Å². The molecule has 1 N–H and O–H groups in total. The van der Waals surface area contributed by atoms with Crippen LogP contribution < -0.4 is 15.0 Å². The fourth-order valence-electron chi connectivity index (χ4n) is 3.36. The Morgan fingerprint density at radius 1 is 1.23 bits per heavy atom. The number of nitrogens with zero attached hydrogens (tertiary/aromatic N) is 4. The number of benzene rings is 2. The van der Waals surface area contributed by atoms with Gasteiger partial charge < -0.3 is 9.30 Å². The molecule has 3 aromatic rings. The number of ether oxygens (including phenoxy) is 1. The van der Waals surface area contributed by atoms with Gasteiger partial charge in [0, 0.05) is 20.1 Å². The van der Waals surface area contributed by atoms with Crippen molar-refractivity contribution in [1.82, 2.24) is 13.9 Å². The molecule has 1 aliphatic rings. The average molecular weight is 460 g/mol. The van der Waals surface area contributed by atoms with E-state index in [0.717, 1.165) is 12.8 Å². The summed E-state index contributed by atoms with van der Waals surface area (Å²) in [6.45, 7) is 0.850. The monoisotopic (exact) mass is 459 g/mol. The Balaban J connectivity index is 1.73. The zero-order valence-corrected chi connectivity index (χ0v) is 18.1. The lowest BCUT2D eigenvalue weighted by molar-refractivity contribution is 0.480. The number of anilines is 1. The minimum absolute atomic E-state index is 0.00847. The second-order valence-corrected chi connectivity index (χ2v) is 9.14. The summed E-state index contributed by atoms with van der Waals surface area (Å²) in [6, 6.07) is 9.54. The molecule has 1 aliphatic heterocycles. The predicted octanol–water partition coefficient (Wildman–Crippen LogP) is 3.00. The summed E-state index contributed by atoms with van der Waals surface area (Å²) in [5, 5.41) is 10.2. The first-order valence-corrected chi connectivity index (χ1v) is 11.3. The highest BCUT2D eigenvalue weighted by atomic mass is 35.5. The summed E-state index contributed by atoms with van der Waals surface area (Å²) in [7, 11) is -2.22. The van der Waals surface area contributed by atoms with Crippen molar-refractivity contribution in [1.29, 1.82) is 5.26 Å². The third kappa shape index (κ3) is 4.07. The maximum absolute atomic E-state index is 12.6. The molecule has 11 heteroatoms. The molecule has 0 unspecified atom stereocenters. The Morgan fingerprint density at radius 2 is 1.97 bits per heavy atom. The molecule has 0 atom stereocenters. The first-order chi connectivity index (χ1) is 14.8. The van der Waals surface area contributed by atoms with Crippen molar-refractivity contribution in [3.63, 3.8) is 0 Å². The topological polar surface area (TPSA) is 117 Å². The molecule has 0 amide bonds. The van der Waals surface area contributed by atoms with Gasteiger partial charge in [-0.05, 0) is 43.2 Å². The number of rotatable bonds is 5. The zero-order chi connectivity index (χ0) is 22.2. The van der Waals surface area contributed by atoms with E-state index in [4.69, 9.17) is 16.3 Å². The van der Waals surface area contributed by atoms with Crippen LogP contribution in [0.3, 0.4) is 0 Å². The van der Waals surface area contributed by atoms with Gasteiger partial charge in [-0.3, -0.25) is 9.52 Å². The van der Waals surface area contributed by atoms with Crippen LogP contribution >= 0.6 is 11.6 Å². The molecule has 0 spiro atoms. The Labute approximate surface area is 183 Å². The molecular formula is C20H18ClN5O4S. The molecule has 4 rings (SSSR count). The van der Waals surface area contributed by atoms with Crippen LogP contribution in [-0.2, 0) is 17.3 Å². The average Bonchev–Trinajstić information content (AvgIpc) is 3.29. The lowest BCUT2D eigenvalue weighted by atomic mass is 10.1. The summed E-state index contributed by atoms with van der Waals surface area (Å²) < 4.78 is 36.2. The number of nitriles is 1. The largest absolute Gasteiger partial charge is 0.454 e. The lowest BCUT2D eigenvalue weighted by Crippen LogP contribution is -2.33. The number of aryl methyl sites for hydroxylation is 1. The van der Waals surface area contributed by atoms with Crippen LogP contribution in [0.1, 0.15) is 18.4 Å². The van der Waals surface area contributed by atoms with Crippen LogP contribution in [-0.4, -0.2) is 35.4 Å². The second kappa shape index (κ2) is 8.19. The maximum atomic E-state index is 12.6. The van der Waals surface area contributed by atoms with Gasteiger partial charge >= 0.3 is 10.2 Å². The number of aromatic nitrogens is 2. The second-order valence-electron chi connectivity index (χ2n) is 7.07. The molecule has 31 heavy (non-hydrogen) atoms. The quantitative estimate of drug-likeness (QED) is 0.626. The summed E-state index contributed by atoms with van der Waals surface area (Å²) in [5.74, 6) is 0.251. The maximum Gasteiger partial charge on any atom is 0.301 e. The van der Waals surface area contributed by atoms with E-state index in [9.17, 15) is 18.5 Å². The van der Waals surface area contributed by atoms with Gasteiger partial charge in [-0.2, -0.15) is 18.0 Å². The van der Waals surface area contributed by atoms with Gasteiger partial charge in [-0.25, -0.2) is 4.98 Å². The van der Waals surface area contributed by atoms with E-state index < -0.39 is 10.2 Å². The molecule has 2 heterocycles. The minimum atomic E-state index is -3.81. The highest BCUT2D eigenvalue weighted by Gasteiger charge is 2.27. The van der Waals surface area contributed by atoms with Crippen LogP contribution in [0.5, 0.6) is 11.5 Å². The van der Waals surface area contributed by atoms with E-state index in [2.05, 4.69) is 9.71 Å². The van der Waals surface area contributed by atoms with E-state index in [1.807, 2.05) is 6.07 Å². The van der Waals surface area contributed by atoms with Crippen LogP contribution in [0.4, 0.5) is 5.69 Å². The number of nitrogens with one attached hydrogen (secondary N) is 1. The number of hydrogen-bond donors (Lipinski definition) is 1. The van der Waals surface area contributed by atoms with Crippen molar-refractivity contribution in [2.75, 3.05) is 17.8 Å². The first kappa shape index (κ1) is 21.1. The predicted molar refractivity (Wildman–Crippen MR) is 117 cm³/mol. The summed E-state index contributed by atoms with van der Waals surface area (Å²) in [4.78, 5) is 16.5. The smallest absolute Gasteiger partial charge is 0.301 e. The van der Waals surface area contributed by atoms with E-state index in [-0.39, 0.29) is 33.3 Å². The SMILES string of the molecule is Cn1cnc2ccc(Oc3c(Cl)ccc(NS(=O)(=O)N4CCCC4)c3C#N)cc2c1=O. The van der Waals surface area contributed by atoms with Gasteiger partial charge in [-0.15, -0.1) is 0 Å². The highest BCUT2D eigenvalue weighted by molar-refractivity contribution is 7.90. The van der Waals surface area contributed by atoms with Crippen molar-refractivity contribution in [2.45, 2.75) is 12.8 Å². The molecule has 1 fully saturated rings. The summed E-state index contributed by atoms with van der Waals surface area (Å²) in [5.41, 5.74) is 0.241. The zero-order valence-electron chi connectivity index (χ0n) is 16.5. The number of hydrogen-bond acceptors (Lipinski definition) is 6. The van der Waals surface area contributed by atoms with E-state index in [1.54, 1.807) is 19.2 Å². The van der Waals surface area contributed by atoms with Crippen molar-refractivity contribution in [3.05, 3.63) is 57.6 Å². The van der Waals surface area contributed by atoms with Crippen molar-refractivity contribution >= 4 is 38.4 Å². The fourth-order valence-corrected chi connectivity index (χ4v) is 4.87. The Morgan fingerprint density at radius 3 is 2.68 bits per heavy atom. The van der Waals surface area contributed by atoms with Gasteiger partial charge in [0.15, 0.2) is 5.75 Å². The van der Waals surface area contributed by atoms with Crippen molar-refractivity contribution in [3.8, 4) is 17.6 Å². The van der Waals surface area contributed by atoms with Gasteiger partial charge in [0.1, 0.15) is 17.4 Å². The van der Waals surface area contributed by atoms with Crippen LogP contribution in [0.25, 0.3) is 10.9 Å². The van der Waals surface area contributed by atoms with Crippen LogP contribution in [0, 0.1) is 11.3 Å². The first-order valence-electron chi connectivity index (χ1n) is 9.44. The van der Waals surface area contributed by atoms with E-state index >= 15 is 0 Å². The molecule has 9 nitrogen and oxygen atoms in total. The summed E-state index contributed by atoms with van der Waals surface area (Å²) >= 11 is 6.26. The normalized spacial score (nSPS) is 14.5. The molecular weight excluding hydrogens is 442 g/mol. The lowest BCUT2D eigenvalue weighted by Gasteiger charge is -2.19. The van der Waals surface area contributed by atoms with Crippen LogP contribution in [0.2, 0.25) is 5.02 Å². The molecule has 1 saturated heterocycles. The molecule has 0 bridgehead atoms. The third-order valence-corrected chi connectivity index (χ3v) is 6.79. The molecule has 0 saturated carbocycles. The highest BCUT2D eigenvalue weighted by Crippen LogP contribution is 2.38.